The van der Waals surface area contributed by atoms with Crippen LogP contribution in [0.15, 0.2) is 42.6 Å². The van der Waals surface area contributed by atoms with Gasteiger partial charge in [0.2, 0.25) is 0 Å². The summed E-state index contributed by atoms with van der Waals surface area (Å²) >= 11 is 6.21. The molecule has 22 heavy (non-hydrogen) atoms. The molecule has 0 saturated heterocycles. The van der Waals surface area contributed by atoms with E-state index in [4.69, 9.17) is 22.4 Å². The second-order valence-corrected chi connectivity index (χ2v) is 5.10. The average molecular weight is 317 g/mol. The number of nitrogens with zero attached hydrogens (tertiary/aromatic N) is 1. The highest BCUT2D eigenvalue weighted by Gasteiger charge is 2.19. The lowest BCUT2D eigenvalue weighted by Gasteiger charge is -2.11. The van der Waals surface area contributed by atoms with Gasteiger partial charge in [0, 0.05) is 22.2 Å². The molecule has 3 aromatic rings. The van der Waals surface area contributed by atoms with E-state index in [9.17, 15) is 9.18 Å². The van der Waals surface area contributed by atoms with Crippen molar-refractivity contribution >= 4 is 34.0 Å². The molecule has 0 bridgehead atoms. The Kier molecular flexibility index (Phi) is 3.42. The van der Waals surface area contributed by atoms with Gasteiger partial charge in [0.25, 0.3) is 0 Å². The van der Waals surface area contributed by atoms with Gasteiger partial charge in [-0.05, 0) is 11.5 Å². The Hall–Kier alpha value is -2.66. The first-order valence-electron chi connectivity index (χ1n) is 6.35. The number of nitrogens with two attached hydrogens (primary N) is 1. The Bertz CT molecular complexity index is 907. The quantitative estimate of drug-likeness (QED) is 0.750. The maximum absolute atomic E-state index is 14.5. The number of carboxylic acid groups (broad SMARTS) is 1. The predicted molar refractivity (Wildman–Crippen MR) is 83.5 cm³/mol. The van der Waals surface area contributed by atoms with Gasteiger partial charge in [0.15, 0.2) is 5.82 Å². The van der Waals surface area contributed by atoms with Crippen LogP contribution in [-0.2, 0) is 0 Å². The number of halogens is 2. The SMILES string of the molecule is Nc1c(C(=O)O)cnc(-c2cccc3cccc(Cl)c23)c1F. The molecule has 6 heteroatoms. The fourth-order valence-corrected chi connectivity index (χ4v) is 2.64. The van der Waals surface area contributed by atoms with E-state index in [-0.39, 0.29) is 11.3 Å². The van der Waals surface area contributed by atoms with Gasteiger partial charge in [0.1, 0.15) is 11.3 Å². The van der Waals surface area contributed by atoms with Gasteiger partial charge in [-0.3, -0.25) is 4.98 Å². The van der Waals surface area contributed by atoms with Crippen molar-refractivity contribution in [3.8, 4) is 11.3 Å². The van der Waals surface area contributed by atoms with Crippen LogP contribution in [-0.4, -0.2) is 16.1 Å². The van der Waals surface area contributed by atoms with Crippen LogP contribution in [0.3, 0.4) is 0 Å². The lowest BCUT2D eigenvalue weighted by molar-refractivity contribution is 0.0697. The Balaban J connectivity index is 2.34. The van der Waals surface area contributed by atoms with E-state index in [0.29, 0.717) is 16.0 Å². The molecule has 0 radical (unpaired) electrons. The summed E-state index contributed by atoms with van der Waals surface area (Å²) in [5.74, 6) is -2.20. The van der Waals surface area contributed by atoms with E-state index in [1.807, 2.05) is 12.1 Å². The molecular weight excluding hydrogens is 307 g/mol. The first-order chi connectivity index (χ1) is 10.5. The maximum Gasteiger partial charge on any atom is 0.339 e. The van der Waals surface area contributed by atoms with Crippen LogP contribution in [0.2, 0.25) is 5.02 Å². The molecule has 4 nitrogen and oxygen atoms in total. The number of pyridine rings is 1. The van der Waals surface area contributed by atoms with Crippen LogP contribution in [0.4, 0.5) is 10.1 Å². The van der Waals surface area contributed by atoms with Crippen molar-refractivity contribution in [3.63, 3.8) is 0 Å². The summed E-state index contributed by atoms with van der Waals surface area (Å²) in [6.07, 6.45) is 1.05. The standard InChI is InChI=1S/C16H10ClFN2O2/c17-11-6-2-4-8-3-1-5-9(12(8)11)15-13(18)14(19)10(7-20-15)16(21)22/h1-7H,(H2,19,20)(H,21,22). The maximum atomic E-state index is 14.5. The van der Waals surface area contributed by atoms with Crippen molar-refractivity contribution in [3.05, 3.63) is 59.0 Å². The number of hydrogen-bond donors (Lipinski definition) is 2. The van der Waals surface area contributed by atoms with Gasteiger partial charge in [-0.25, -0.2) is 9.18 Å². The fraction of sp³-hybridized carbons (Fsp3) is 0. The highest BCUT2D eigenvalue weighted by molar-refractivity contribution is 6.36. The van der Waals surface area contributed by atoms with Crippen molar-refractivity contribution in [1.29, 1.82) is 0 Å². The van der Waals surface area contributed by atoms with Crippen molar-refractivity contribution in [2.75, 3.05) is 5.73 Å². The van der Waals surface area contributed by atoms with E-state index in [0.717, 1.165) is 11.6 Å². The minimum absolute atomic E-state index is 0.0267. The highest BCUT2D eigenvalue weighted by atomic mass is 35.5. The third kappa shape index (κ3) is 2.16. The van der Waals surface area contributed by atoms with Gasteiger partial charge >= 0.3 is 5.97 Å². The third-order valence-electron chi connectivity index (χ3n) is 3.40. The summed E-state index contributed by atoms with van der Waals surface area (Å²) < 4.78 is 14.5. The predicted octanol–water partition coefficient (Wildman–Crippen LogP) is 3.97. The molecule has 0 atom stereocenters. The first-order valence-corrected chi connectivity index (χ1v) is 6.73. The number of anilines is 1. The Morgan fingerprint density at radius 2 is 1.91 bits per heavy atom. The fourth-order valence-electron chi connectivity index (χ4n) is 2.35. The molecule has 0 aliphatic heterocycles. The zero-order valence-corrected chi connectivity index (χ0v) is 11.9. The summed E-state index contributed by atoms with van der Waals surface area (Å²) in [4.78, 5) is 14.9. The molecule has 1 heterocycles. The van der Waals surface area contributed by atoms with E-state index in [1.165, 1.54) is 0 Å². The third-order valence-corrected chi connectivity index (χ3v) is 3.71. The Morgan fingerprint density at radius 1 is 1.23 bits per heavy atom. The number of fused-ring (bicyclic) bond motifs is 1. The molecular formula is C16H10ClFN2O2. The van der Waals surface area contributed by atoms with Crippen molar-refractivity contribution < 1.29 is 14.3 Å². The van der Waals surface area contributed by atoms with Crippen molar-refractivity contribution in [2.45, 2.75) is 0 Å². The van der Waals surface area contributed by atoms with E-state index in [2.05, 4.69) is 4.98 Å². The van der Waals surface area contributed by atoms with Gasteiger partial charge in [-0.1, -0.05) is 41.9 Å². The van der Waals surface area contributed by atoms with E-state index < -0.39 is 17.5 Å². The van der Waals surface area contributed by atoms with Gasteiger partial charge < -0.3 is 10.8 Å². The molecule has 3 N–H and O–H groups in total. The summed E-state index contributed by atoms with van der Waals surface area (Å²) in [7, 11) is 0. The minimum Gasteiger partial charge on any atom is -0.478 e. The van der Waals surface area contributed by atoms with Crippen LogP contribution < -0.4 is 5.73 Å². The van der Waals surface area contributed by atoms with E-state index in [1.54, 1.807) is 24.3 Å². The van der Waals surface area contributed by atoms with Gasteiger partial charge in [-0.2, -0.15) is 0 Å². The van der Waals surface area contributed by atoms with E-state index >= 15 is 0 Å². The van der Waals surface area contributed by atoms with Crippen molar-refractivity contribution in [1.82, 2.24) is 4.98 Å². The zero-order chi connectivity index (χ0) is 15.9. The normalized spacial score (nSPS) is 10.8. The zero-order valence-electron chi connectivity index (χ0n) is 11.2. The molecule has 0 aliphatic carbocycles. The number of benzene rings is 2. The second-order valence-electron chi connectivity index (χ2n) is 4.70. The smallest absolute Gasteiger partial charge is 0.339 e. The van der Waals surface area contributed by atoms with Gasteiger partial charge in [0.05, 0.1) is 5.69 Å². The lowest BCUT2D eigenvalue weighted by Crippen LogP contribution is -2.07. The largest absolute Gasteiger partial charge is 0.478 e. The molecule has 3 rings (SSSR count). The number of carboxylic acids is 1. The summed E-state index contributed by atoms with van der Waals surface area (Å²) in [6.45, 7) is 0. The number of aromatic carboxylic acids is 1. The lowest BCUT2D eigenvalue weighted by atomic mass is 10.0. The molecule has 0 fully saturated rings. The van der Waals surface area contributed by atoms with Gasteiger partial charge in [-0.15, -0.1) is 0 Å². The molecule has 2 aromatic carbocycles. The Morgan fingerprint density at radius 3 is 2.59 bits per heavy atom. The molecule has 0 saturated carbocycles. The van der Waals surface area contributed by atoms with Crippen LogP contribution in [0.5, 0.6) is 0 Å². The molecule has 0 amide bonds. The topological polar surface area (TPSA) is 76.2 Å². The van der Waals surface area contributed by atoms with Crippen LogP contribution >= 0.6 is 11.6 Å². The number of carbonyl (C=O) groups is 1. The monoisotopic (exact) mass is 316 g/mol. The Labute approximate surface area is 130 Å². The molecule has 110 valence electrons. The minimum atomic E-state index is -1.33. The average Bonchev–Trinajstić information content (AvgIpc) is 2.49. The molecule has 0 aliphatic rings. The van der Waals surface area contributed by atoms with Crippen LogP contribution in [0.25, 0.3) is 22.0 Å². The van der Waals surface area contributed by atoms with Crippen LogP contribution in [0.1, 0.15) is 10.4 Å². The number of nitrogen functional groups attached to an aromatic ring is 1. The summed E-state index contributed by atoms with van der Waals surface area (Å²) in [5.41, 5.74) is 5.20. The molecule has 0 spiro atoms. The van der Waals surface area contributed by atoms with Crippen molar-refractivity contribution in [2.24, 2.45) is 0 Å². The second kappa shape index (κ2) is 5.27. The van der Waals surface area contributed by atoms with Crippen LogP contribution in [0, 0.1) is 5.82 Å². The number of rotatable bonds is 2. The number of aromatic nitrogens is 1. The molecule has 0 unspecified atom stereocenters. The highest BCUT2D eigenvalue weighted by Crippen LogP contribution is 2.35. The molecule has 1 aromatic heterocycles. The summed E-state index contributed by atoms with van der Waals surface area (Å²) in [5, 5.41) is 10.9. The first kappa shape index (κ1) is 14.3. The number of hydrogen-bond acceptors (Lipinski definition) is 3. The summed E-state index contributed by atoms with van der Waals surface area (Å²) in [6, 6.07) is 10.6.